The monoisotopic (exact) mass is 480 g/mol. The third kappa shape index (κ3) is 3.83. The summed E-state index contributed by atoms with van der Waals surface area (Å²) in [7, 11) is 0. The van der Waals surface area contributed by atoms with E-state index in [0.29, 0.717) is 15.8 Å². The van der Waals surface area contributed by atoms with Gasteiger partial charge in [-0.1, -0.05) is 29.8 Å². The van der Waals surface area contributed by atoms with Gasteiger partial charge < -0.3 is 14.6 Å². The maximum Gasteiger partial charge on any atom is 0.350 e. The van der Waals surface area contributed by atoms with Crippen LogP contribution in [0, 0.1) is 5.82 Å². The molecule has 0 fully saturated rings. The number of fused-ring (bicyclic) bond motifs is 4. The van der Waals surface area contributed by atoms with E-state index in [0.717, 1.165) is 39.7 Å². The molecular weight excluding hydrogens is 463 g/mol. The molecule has 5 aromatic rings. The van der Waals surface area contributed by atoms with Crippen LogP contribution < -0.4 is 5.32 Å². The van der Waals surface area contributed by atoms with Gasteiger partial charge in [-0.3, -0.25) is 4.79 Å². The molecule has 2 aromatic heterocycles. The van der Waals surface area contributed by atoms with Crippen LogP contribution in [-0.4, -0.2) is 23.1 Å². The molecule has 1 amide bonds. The van der Waals surface area contributed by atoms with Crippen molar-refractivity contribution >= 4 is 72.4 Å². The number of aromatic nitrogens is 1. The molecule has 2 heterocycles. The van der Waals surface area contributed by atoms with Gasteiger partial charge in [-0.25, -0.2) is 9.18 Å². The summed E-state index contributed by atoms with van der Waals surface area (Å²) in [6, 6.07) is 17.9. The first kappa shape index (κ1) is 21.4. The van der Waals surface area contributed by atoms with Gasteiger partial charge in [-0.05, 0) is 49.4 Å². The van der Waals surface area contributed by atoms with E-state index < -0.39 is 24.3 Å². The maximum atomic E-state index is 13.4. The second-order valence-corrected chi connectivity index (χ2v) is 8.93. The fourth-order valence-corrected chi connectivity index (χ4v) is 5.46. The normalized spacial score (nSPS) is 11.4. The van der Waals surface area contributed by atoms with E-state index in [4.69, 9.17) is 16.3 Å². The standard InChI is InChI=1S/C25H18ClFN2O3S/c1-2-29-19-6-4-3-5-16(19)18-12-15(8-10-20(18)29)28-22(30)13-32-25(31)24-23(26)17-9-7-14(27)11-21(17)33-24/h3-12H,2,13H2,1H3,(H,28,30). The summed E-state index contributed by atoms with van der Waals surface area (Å²) >= 11 is 7.28. The lowest BCUT2D eigenvalue weighted by atomic mass is 10.1. The Hall–Kier alpha value is -3.42. The van der Waals surface area contributed by atoms with Crippen LogP contribution in [0.3, 0.4) is 0 Å². The van der Waals surface area contributed by atoms with Gasteiger partial charge in [0.2, 0.25) is 0 Å². The molecule has 0 spiro atoms. The van der Waals surface area contributed by atoms with Gasteiger partial charge in [0.25, 0.3) is 5.91 Å². The van der Waals surface area contributed by atoms with Crippen molar-refractivity contribution in [2.24, 2.45) is 0 Å². The van der Waals surface area contributed by atoms with Crippen molar-refractivity contribution in [3.05, 3.63) is 76.4 Å². The van der Waals surface area contributed by atoms with Gasteiger partial charge in [0.05, 0.1) is 5.02 Å². The summed E-state index contributed by atoms with van der Waals surface area (Å²) in [6.45, 7) is 2.46. The third-order valence-electron chi connectivity index (χ3n) is 5.48. The molecule has 1 N–H and O–H groups in total. The quantitative estimate of drug-likeness (QED) is 0.288. The molecule has 33 heavy (non-hydrogen) atoms. The zero-order valence-corrected chi connectivity index (χ0v) is 19.1. The minimum Gasteiger partial charge on any atom is -0.451 e. The van der Waals surface area contributed by atoms with E-state index in [9.17, 15) is 14.0 Å². The fourth-order valence-electron chi connectivity index (χ4n) is 4.04. The summed E-state index contributed by atoms with van der Waals surface area (Å²) < 4.78 is 21.4. The summed E-state index contributed by atoms with van der Waals surface area (Å²) in [4.78, 5) is 25.0. The largest absolute Gasteiger partial charge is 0.451 e. The molecule has 0 saturated carbocycles. The predicted molar refractivity (Wildman–Crippen MR) is 131 cm³/mol. The van der Waals surface area contributed by atoms with Crippen LogP contribution in [0.25, 0.3) is 31.9 Å². The first-order valence-electron chi connectivity index (χ1n) is 10.3. The van der Waals surface area contributed by atoms with Crippen molar-refractivity contribution < 1.29 is 18.7 Å². The second-order valence-electron chi connectivity index (χ2n) is 7.50. The van der Waals surface area contributed by atoms with E-state index in [1.54, 1.807) is 0 Å². The highest BCUT2D eigenvalue weighted by atomic mass is 35.5. The molecule has 0 aliphatic rings. The molecule has 0 aliphatic heterocycles. The predicted octanol–water partition coefficient (Wildman–Crippen LogP) is 6.62. The lowest BCUT2D eigenvalue weighted by Crippen LogP contribution is -2.20. The number of ether oxygens (including phenoxy) is 1. The summed E-state index contributed by atoms with van der Waals surface area (Å²) in [5.74, 6) is -1.61. The molecule has 0 unspecified atom stereocenters. The number of nitrogens with one attached hydrogen (secondary N) is 1. The molecule has 0 saturated heterocycles. The number of thiophene rings is 1. The van der Waals surface area contributed by atoms with Gasteiger partial charge in [-0.15, -0.1) is 11.3 Å². The number of aryl methyl sites for hydroxylation is 1. The number of carbonyl (C=O) groups is 2. The number of halogens is 2. The Kier molecular flexibility index (Phi) is 5.52. The molecule has 0 radical (unpaired) electrons. The number of para-hydroxylation sites is 1. The van der Waals surface area contributed by atoms with Crippen molar-refractivity contribution in [3.63, 3.8) is 0 Å². The number of esters is 1. The van der Waals surface area contributed by atoms with Crippen LogP contribution in [0.15, 0.2) is 60.7 Å². The van der Waals surface area contributed by atoms with Gasteiger partial charge in [0, 0.05) is 44.1 Å². The van der Waals surface area contributed by atoms with E-state index in [2.05, 4.69) is 28.9 Å². The van der Waals surface area contributed by atoms with Crippen molar-refractivity contribution in [1.82, 2.24) is 4.57 Å². The molecule has 8 heteroatoms. The smallest absolute Gasteiger partial charge is 0.350 e. The third-order valence-corrected chi connectivity index (χ3v) is 7.12. The molecule has 0 aliphatic carbocycles. The number of hydrogen-bond donors (Lipinski definition) is 1. The number of anilines is 1. The van der Waals surface area contributed by atoms with Gasteiger partial charge in [0.15, 0.2) is 6.61 Å². The first-order valence-corrected chi connectivity index (χ1v) is 11.5. The zero-order valence-electron chi connectivity index (χ0n) is 17.5. The Labute approximate surface area is 197 Å². The summed E-state index contributed by atoms with van der Waals surface area (Å²) in [5.41, 5.74) is 2.82. The minimum absolute atomic E-state index is 0.138. The second kappa shape index (κ2) is 8.50. The van der Waals surface area contributed by atoms with Gasteiger partial charge in [-0.2, -0.15) is 0 Å². The van der Waals surface area contributed by atoms with E-state index in [1.807, 2.05) is 30.3 Å². The molecule has 3 aromatic carbocycles. The maximum absolute atomic E-state index is 13.4. The molecule has 5 rings (SSSR count). The van der Waals surface area contributed by atoms with Crippen LogP contribution in [0.1, 0.15) is 16.6 Å². The zero-order chi connectivity index (χ0) is 23.1. The van der Waals surface area contributed by atoms with Crippen molar-refractivity contribution in [2.45, 2.75) is 13.5 Å². The average molecular weight is 481 g/mol. The summed E-state index contributed by atoms with van der Waals surface area (Å²) in [6.07, 6.45) is 0. The fraction of sp³-hybridized carbons (Fsp3) is 0.120. The molecular formula is C25H18ClFN2O3S. The number of amides is 1. The van der Waals surface area contributed by atoms with Crippen LogP contribution in [0.5, 0.6) is 0 Å². The number of rotatable bonds is 5. The lowest BCUT2D eigenvalue weighted by Gasteiger charge is -2.07. The van der Waals surface area contributed by atoms with E-state index in [-0.39, 0.29) is 9.90 Å². The Bertz CT molecular complexity index is 1560. The SMILES string of the molecule is CCn1c2ccccc2c2cc(NC(=O)COC(=O)c3sc4cc(F)ccc4c3Cl)ccc21. The summed E-state index contributed by atoms with van der Waals surface area (Å²) in [5, 5.41) is 5.68. The van der Waals surface area contributed by atoms with Crippen LogP contribution in [0.2, 0.25) is 5.02 Å². The van der Waals surface area contributed by atoms with Crippen LogP contribution >= 0.6 is 22.9 Å². The minimum atomic E-state index is -0.724. The Balaban J connectivity index is 1.32. The van der Waals surface area contributed by atoms with Gasteiger partial charge >= 0.3 is 5.97 Å². The van der Waals surface area contributed by atoms with E-state index in [1.165, 1.54) is 18.2 Å². The average Bonchev–Trinajstić information content (AvgIpc) is 3.31. The topological polar surface area (TPSA) is 60.3 Å². The van der Waals surface area contributed by atoms with Crippen molar-refractivity contribution in [2.75, 3.05) is 11.9 Å². The van der Waals surface area contributed by atoms with Gasteiger partial charge in [0.1, 0.15) is 10.7 Å². The van der Waals surface area contributed by atoms with Crippen LogP contribution in [0.4, 0.5) is 10.1 Å². The highest BCUT2D eigenvalue weighted by Gasteiger charge is 2.20. The first-order chi connectivity index (χ1) is 16.0. The molecule has 0 bridgehead atoms. The number of hydrogen-bond acceptors (Lipinski definition) is 4. The molecule has 5 nitrogen and oxygen atoms in total. The Morgan fingerprint density at radius 3 is 2.64 bits per heavy atom. The lowest BCUT2D eigenvalue weighted by molar-refractivity contribution is -0.119. The number of nitrogens with zero attached hydrogens (tertiary/aromatic N) is 1. The molecule has 166 valence electrons. The van der Waals surface area contributed by atoms with E-state index >= 15 is 0 Å². The number of carbonyl (C=O) groups excluding carboxylic acids is 2. The van der Waals surface area contributed by atoms with Crippen LogP contribution in [-0.2, 0) is 16.1 Å². The number of benzene rings is 3. The van der Waals surface area contributed by atoms with Crippen molar-refractivity contribution in [1.29, 1.82) is 0 Å². The van der Waals surface area contributed by atoms with Crippen molar-refractivity contribution in [3.8, 4) is 0 Å². The molecule has 0 atom stereocenters. The highest BCUT2D eigenvalue weighted by Crippen LogP contribution is 2.36. The highest BCUT2D eigenvalue weighted by molar-refractivity contribution is 7.21. The Morgan fingerprint density at radius 2 is 1.82 bits per heavy atom. The Morgan fingerprint density at radius 1 is 1.03 bits per heavy atom.